The minimum absolute atomic E-state index is 0.0850. The largest absolute Gasteiger partial charge is 0.496 e. The van der Waals surface area contributed by atoms with E-state index in [1.54, 1.807) is 19.6 Å². The minimum Gasteiger partial charge on any atom is -0.496 e. The van der Waals surface area contributed by atoms with Gasteiger partial charge in [-0.2, -0.15) is 0 Å². The molecule has 0 aliphatic heterocycles. The van der Waals surface area contributed by atoms with Gasteiger partial charge in [0.15, 0.2) is 0 Å². The van der Waals surface area contributed by atoms with Crippen LogP contribution >= 0.6 is 15.9 Å². The van der Waals surface area contributed by atoms with E-state index in [2.05, 4.69) is 34.2 Å². The molecule has 0 fully saturated rings. The van der Waals surface area contributed by atoms with Gasteiger partial charge >= 0.3 is 0 Å². The number of halogens is 1. The van der Waals surface area contributed by atoms with Gasteiger partial charge in [0.05, 0.1) is 25.7 Å². The normalized spacial score (nSPS) is 12.4. The van der Waals surface area contributed by atoms with Gasteiger partial charge in [-0.1, -0.05) is 28.9 Å². The highest BCUT2D eigenvalue weighted by Gasteiger charge is 2.18. The van der Waals surface area contributed by atoms with Crippen molar-refractivity contribution in [2.45, 2.75) is 19.4 Å². The van der Waals surface area contributed by atoms with Gasteiger partial charge in [0.25, 0.3) is 0 Å². The molecule has 2 aromatic rings. The molecule has 19 heavy (non-hydrogen) atoms. The summed E-state index contributed by atoms with van der Waals surface area (Å²) < 4.78 is 11.7. The summed E-state index contributed by atoms with van der Waals surface area (Å²) in [7, 11) is 1.69. The fourth-order valence-corrected chi connectivity index (χ4v) is 2.40. The van der Waals surface area contributed by atoms with Crippen molar-refractivity contribution in [1.82, 2.24) is 5.32 Å². The number of nitrogens with one attached hydrogen (secondary N) is 1. The van der Waals surface area contributed by atoms with Crippen LogP contribution in [0.2, 0.25) is 0 Å². The highest BCUT2D eigenvalue weighted by atomic mass is 79.9. The van der Waals surface area contributed by atoms with Crippen LogP contribution < -0.4 is 10.1 Å². The van der Waals surface area contributed by atoms with Crippen molar-refractivity contribution in [2.24, 2.45) is 0 Å². The molecule has 0 aliphatic carbocycles. The lowest BCUT2D eigenvalue weighted by Gasteiger charge is -2.20. The molecule has 0 amide bonds. The van der Waals surface area contributed by atoms with E-state index in [1.807, 2.05) is 18.2 Å². The van der Waals surface area contributed by atoms with Crippen LogP contribution in [0.5, 0.6) is 5.75 Å². The van der Waals surface area contributed by atoms with E-state index in [0.717, 1.165) is 34.3 Å². The first-order valence-electron chi connectivity index (χ1n) is 6.35. The van der Waals surface area contributed by atoms with E-state index < -0.39 is 0 Å². The van der Waals surface area contributed by atoms with Crippen LogP contribution in [0.25, 0.3) is 0 Å². The Hall–Kier alpha value is -1.26. The second-order valence-electron chi connectivity index (χ2n) is 4.33. The van der Waals surface area contributed by atoms with Crippen LogP contribution in [0, 0.1) is 0 Å². The van der Waals surface area contributed by atoms with Gasteiger partial charge in [-0.3, -0.25) is 0 Å². The standard InChI is InChI=1S/C15H18BrNO2/c1-3-7-17-15(11-6-8-19-10-11)13-5-4-12(16)9-14(13)18-2/h4-6,8-10,15,17H,3,7H2,1-2H3. The number of rotatable bonds is 6. The van der Waals surface area contributed by atoms with E-state index in [9.17, 15) is 0 Å². The topological polar surface area (TPSA) is 34.4 Å². The number of hydrogen-bond acceptors (Lipinski definition) is 3. The smallest absolute Gasteiger partial charge is 0.125 e. The van der Waals surface area contributed by atoms with Crippen molar-refractivity contribution in [1.29, 1.82) is 0 Å². The van der Waals surface area contributed by atoms with E-state index in [1.165, 1.54) is 0 Å². The van der Waals surface area contributed by atoms with Gasteiger partial charge in [0, 0.05) is 15.6 Å². The Morgan fingerprint density at radius 1 is 1.37 bits per heavy atom. The van der Waals surface area contributed by atoms with E-state index in [4.69, 9.17) is 9.15 Å². The molecule has 1 unspecified atom stereocenters. The summed E-state index contributed by atoms with van der Waals surface area (Å²) in [6.45, 7) is 3.09. The van der Waals surface area contributed by atoms with Crippen LogP contribution in [-0.2, 0) is 0 Å². The van der Waals surface area contributed by atoms with Crippen molar-refractivity contribution in [3.8, 4) is 5.75 Å². The Balaban J connectivity index is 2.37. The fraction of sp³-hybridized carbons (Fsp3) is 0.333. The maximum Gasteiger partial charge on any atom is 0.125 e. The summed E-state index contributed by atoms with van der Waals surface area (Å²) in [6.07, 6.45) is 4.54. The number of ether oxygens (including phenoxy) is 1. The predicted octanol–water partition coefficient (Wildman–Crippen LogP) is 4.14. The SMILES string of the molecule is CCCNC(c1ccoc1)c1ccc(Br)cc1OC. The third-order valence-corrected chi connectivity index (χ3v) is 3.47. The zero-order valence-electron chi connectivity index (χ0n) is 11.2. The zero-order valence-corrected chi connectivity index (χ0v) is 12.7. The van der Waals surface area contributed by atoms with Gasteiger partial charge < -0.3 is 14.5 Å². The van der Waals surface area contributed by atoms with Crippen molar-refractivity contribution >= 4 is 15.9 Å². The molecule has 1 heterocycles. The first kappa shape index (κ1) is 14.2. The molecule has 102 valence electrons. The fourth-order valence-electron chi connectivity index (χ4n) is 2.06. The summed E-state index contributed by atoms with van der Waals surface area (Å²) in [6, 6.07) is 8.15. The summed E-state index contributed by atoms with van der Waals surface area (Å²) in [5.74, 6) is 0.865. The Morgan fingerprint density at radius 2 is 2.21 bits per heavy atom. The predicted molar refractivity (Wildman–Crippen MR) is 79.5 cm³/mol. The third-order valence-electron chi connectivity index (χ3n) is 2.98. The lowest BCUT2D eigenvalue weighted by atomic mass is 10.00. The first-order valence-corrected chi connectivity index (χ1v) is 7.14. The Labute approximate surface area is 122 Å². The molecule has 1 aromatic heterocycles. The molecule has 2 rings (SSSR count). The van der Waals surface area contributed by atoms with Crippen LogP contribution in [0.3, 0.4) is 0 Å². The Kier molecular flexibility index (Phi) is 5.05. The third kappa shape index (κ3) is 3.39. The molecule has 0 radical (unpaired) electrons. The van der Waals surface area contributed by atoms with Gasteiger partial charge in [0.1, 0.15) is 5.75 Å². The second kappa shape index (κ2) is 6.78. The molecule has 4 heteroatoms. The van der Waals surface area contributed by atoms with Crippen LogP contribution in [0.15, 0.2) is 45.7 Å². The van der Waals surface area contributed by atoms with Crippen molar-refractivity contribution in [3.05, 3.63) is 52.4 Å². The lowest BCUT2D eigenvalue weighted by molar-refractivity contribution is 0.403. The van der Waals surface area contributed by atoms with Crippen molar-refractivity contribution < 1.29 is 9.15 Å². The average molecular weight is 324 g/mol. The summed E-state index contributed by atoms with van der Waals surface area (Å²) in [4.78, 5) is 0. The molecule has 1 N–H and O–H groups in total. The van der Waals surface area contributed by atoms with Gasteiger partial charge in [0.2, 0.25) is 0 Å². The van der Waals surface area contributed by atoms with Crippen molar-refractivity contribution in [2.75, 3.05) is 13.7 Å². The maximum atomic E-state index is 5.48. The number of hydrogen-bond donors (Lipinski definition) is 1. The molecule has 0 saturated carbocycles. The molecule has 3 nitrogen and oxygen atoms in total. The van der Waals surface area contributed by atoms with Gasteiger partial charge in [-0.15, -0.1) is 0 Å². The van der Waals surface area contributed by atoms with Crippen LogP contribution in [-0.4, -0.2) is 13.7 Å². The first-order chi connectivity index (χ1) is 9.26. The lowest BCUT2D eigenvalue weighted by Crippen LogP contribution is -2.23. The van der Waals surface area contributed by atoms with Crippen LogP contribution in [0.1, 0.15) is 30.5 Å². The zero-order chi connectivity index (χ0) is 13.7. The van der Waals surface area contributed by atoms with Gasteiger partial charge in [-0.25, -0.2) is 0 Å². The average Bonchev–Trinajstić information content (AvgIpc) is 2.94. The molecular formula is C15H18BrNO2. The molecule has 0 aliphatic rings. The van der Waals surface area contributed by atoms with Crippen LogP contribution in [0.4, 0.5) is 0 Å². The molecule has 0 spiro atoms. The molecule has 0 bridgehead atoms. The summed E-state index contributed by atoms with van der Waals surface area (Å²) >= 11 is 3.47. The summed E-state index contributed by atoms with van der Waals surface area (Å²) in [5.41, 5.74) is 2.22. The highest BCUT2D eigenvalue weighted by Crippen LogP contribution is 2.32. The monoisotopic (exact) mass is 323 g/mol. The van der Waals surface area contributed by atoms with Gasteiger partial charge in [-0.05, 0) is 31.2 Å². The van der Waals surface area contributed by atoms with E-state index >= 15 is 0 Å². The molecule has 1 atom stereocenters. The minimum atomic E-state index is 0.0850. The highest BCUT2D eigenvalue weighted by molar-refractivity contribution is 9.10. The second-order valence-corrected chi connectivity index (χ2v) is 5.25. The van der Waals surface area contributed by atoms with E-state index in [0.29, 0.717) is 0 Å². The summed E-state index contributed by atoms with van der Waals surface area (Å²) in [5, 5.41) is 3.53. The number of benzene rings is 1. The molecular weight excluding hydrogens is 306 g/mol. The Bertz CT molecular complexity index is 511. The van der Waals surface area contributed by atoms with Crippen molar-refractivity contribution in [3.63, 3.8) is 0 Å². The molecule has 1 aromatic carbocycles. The molecule has 0 saturated heterocycles. The maximum absolute atomic E-state index is 5.48. The number of furan rings is 1. The Morgan fingerprint density at radius 3 is 2.84 bits per heavy atom. The van der Waals surface area contributed by atoms with E-state index in [-0.39, 0.29) is 6.04 Å². The quantitative estimate of drug-likeness (QED) is 0.867. The number of methoxy groups -OCH3 is 1.